The summed E-state index contributed by atoms with van der Waals surface area (Å²) < 4.78 is 0. The van der Waals surface area contributed by atoms with E-state index < -0.39 is 17.0 Å². The van der Waals surface area contributed by atoms with Gasteiger partial charge in [-0.2, -0.15) is 0 Å². The monoisotopic (exact) mass is 626 g/mol. The van der Waals surface area contributed by atoms with Crippen molar-refractivity contribution in [2.24, 2.45) is 5.41 Å². The average Bonchev–Trinajstić information content (AvgIpc) is 3.47. The van der Waals surface area contributed by atoms with Gasteiger partial charge in [-0.1, -0.05) is 43.1 Å². The molecule has 3 amide bonds. The summed E-state index contributed by atoms with van der Waals surface area (Å²) in [6.07, 6.45) is 5.15. The van der Waals surface area contributed by atoms with Crippen molar-refractivity contribution < 1.29 is 19.5 Å². The van der Waals surface area contributed by atoms with Crippen LogP contribution < -0.4 is 21.3 Å². The lowest BCUT2D eigenvalue weighted by Gasteiger charge is -2.53. The average molecular weight is 628 g/mol. The van der Waals surface area contributed by atoms with Crippen LogP contribution in [-0.2, 0) is 15.0 Å². The minimum Gasteiger partial charge on any atom is -0.393 e. The molecule has 2 aromatic rings. The molecule has 2 aliphatic carbocycles. The van der Waals surface area contributed by atoms with Crippen molar-refractivity contribution in [1.29, 1.82) is 0 Å². The SMILES string of the molecule is CNC(=O)c1cc(Cl)cc([C@H]2CC3(CCC(C)(C)C4(C3)C(=O)Nc3cc(Cl)ccc34)N[C@H]2C(=O)NC2CCC(O)CC2)c1. The number of fused-ring (bicyclic) bond motifs is 2. The van der Waals surface area contributed by atoms with Gasteiger partial charge in [0.05, 0.1) is 17.6 Å². The van der Waals surface area contributed by atoms with E-state index in [4.69, 9.17) is 23.2 Å². The summed E-state index contributed by atoms with van der Waals surface area (Å²) in [6, 6.07) is 10.3. The molecule has 5 N–H and O–H groups in total. The van der Waals surface area contributed by atoms with Crippen LogP contribution in [0.1, 0.15) is 92.6 Å². The van der Waals surface area contributed by atoms with Crippen LogP contribution in [0.4, 0.5) is 5.69 Å². The van der Waals surface area contributed by atoms with Crippen LogP contribution in [0.15, 0.2) is 36.4 Å². The van der Waals surface area contributed by atoms with Gasteiger partial charge in [-0.25, -0.2) is 0 Å². The number of carbonyl (C=O) groups is 3. The first kappa shape index (κ1) is 30.4. The lowest BCUT2D eigenvalue weighted by molar-refractivity contribution is -0.129. The molecule has 0 radical (unpaired) electrons. The second-order valence-electron chi connectivity index (χ2n) is 13.7. The molecular weight excluding hydrogens is 587 g/mol. The molecule has 4 aliphatic rings. The van der Waals surface area contributed by atoms with Crippen molar-refractivity contribution in [2.45, 2.75) is 100 Å². The van der Waals surface area contributed by atoms with Crippen LogP contribution in [0, 0.1) is 5.41 Å². The van der Waals surface area contributed by atoms with E-state index in [0.29, 0.717) is 41.3 Å². The van der Waals surface area contributed by atoms with Gasteiger partial charge in [0, 0.05) is 45.8 Å². The summed E-state index contributed by atoms with van der Waals surface area (Å²) in [5.74, 6) is -0.664. The maximum absolute atomic E-state index is 14.1. The number of rotatable bonds is 4. The quantitative estimate of drug-likeness (QED) is 0.325. The van der Waals surface area contributed by atoms with Gasteiger partial charge in [-0.3, -0.25) is 19.7 Å². The van der Waals surface area contributed by atoms with E-state index in [1.165, 1.54) is 0 Å². The zero-order chi connectivity index (χ0) is 30.7. The van der Waals surface area contributed by atoms with Gasteiger partial charge in [0.2, 0.25) is 11.8 Å². The Balaban J connectivity index is 1.39. The summed E-state index contributed by atoms with van der Waals surface area (Å²) in [6.45, 7) is 4.31. The lowest BCUT2D eigenvalue weighted by Crippen LogP contribution is -2.61. The molecule has 2 spiro atoms. The molecule has 0 aromatic heterocycles. The molecule has 2 saturated carbocycles. The zero-order valence-corrected chi connectivity index (χ0v) is 26.4. The third kappa shape index (κ3) is 5.24. The van der Waals surface area contributed by atoms with Gasteiger partial charge in [0.1, 0.15) is 0 Å². The molecule has 2 aromatic carbocycles. The second-order valence-corrected chi connectivity index (χ2v) is 14.6. The minimum absolute atomic E-state index is 0.00967. The lowest BCUT2D eigenvalue weighted by atomic mass is 9.51. The van der Waals surface area contributed by atoms with Crippen molar-refractivity contribution in [2.75, 3.05) is 12.4 Å². The van der Waals surface area contributed by atoms with Gasteiger partial charge in [-0.05, 0) is 98.2 Å². The van der Waals surface area contributed by atoms with E-state index in [0.717, 1.165) is 42.5 Å². The van der Waals surface area contributed by atoms with Gasteiger partial charge >= 0.3 is 0 Å². The number of nitrogens with one attached hydrogen (secondary N) is 4. The van der Waals surface area contributed by atoms with Crippen molar-refractivity contribution in [3.05, 3.63) is 63.1 Å². The van der Waals surface area contributed by atoms with Gasteiger partial charge in [-0.15, -0.1) is 0 Å². The minimum atomic E-state index is -0.810. The topological polar surface area (TPSA) is 120 Å². The van der Waals surface area contributed by atoms with Gasteiger partial charge in [0.25, 0.3) is 5.91 Å². The molecule has 8 nitrogen and oxygen atoms in total. The fourth-order valence-electron chi connectivity index (χ4n) is 8.29. The number of hydrogen-bond donors (Lipinski definition) is 5. The Morgan fingerprint density at radius 2 is 1.74 bits per heavy atom. The predicted molar refractivity (Wildman–Crippen MR) is 168 cm³/mol. The molecule has 43 heavy (non-hydrogen) atoms. The number of aliphatic hydroxyl groups excluding tert-OH is 1. The molecule has 1 saturated heterocycles. The molecule has 230 valence electrons. The summed E-state index contributed by atoms with van der Waals surface area (Å²) in [5.41, 5.74) is 1.28. The van der Waals surface area contributed by atoms with Crippen molar-refractivity contribution in [3.8, 4) is 0 Å². The van der Waals surface area contributed by atoms with Crippen LogP contribution >= 0.6 is 23.2 Å². The highest BCUT2D eigenvalue weighted by Gasteiger charge is 2.64. The number of amides is 3. The normalized spacial score (nSPS) is 32.8. The first-order valence-corrected chi connectivity index (χ1v) is 16.0. The summed E-state index contributed by atoms with van der Waals surface area (Å²) >= 11 is 12.9. The van der Waals surface area contributed by atoms with Crippen LogP contribution in [0.5, 0.6) is 0 Å². The van der Waals surface area contributed by atoms with Gasteiger partial charge < -0.3 is 21.1 Å². The van der Waals surface area contributed by atoms with Gasteiger partial charge in [0.15, 0.2) is 0 Å². The smallest absolute Gasteiger partial charge is 0.251 e. The molecule has 10 heteroatoms. The number of benzene rings is 2. The Morgan fingerprint density at radius 3 is 2.47 bits per heavy atom. The van der Waals surface area contributed by atoms with Crippen LogP contribution in [0.3, 0.4) is 0 Å². The number of halogens is 2. The van der Waals surface area contributed by atoms with Crippen LogP contribution in [0.2, 0.25) is 10.0 Å². The van der Waals surface area contributed by atoms with E-state index in [1.54, 1.807) is 13.1 Å². The standard InChI is InChI=1S/C33H40Cl2N4O4/c1-31(2)10-11-32(17-33(31)25-9-4-20(34)15-26(25)38-30(33)43)16-24(18-12-19(28(41)36-3)14-21(35)13-18)27(39-32)29(42)37-22-5-7-23(40)8-6-22/h4,9,12-15,22-24,27,39-40H,5-8,10-11,16-17H2,1-3H3,(H,36,41)(H,37,42)(H,38,43)/t22?,23?,24-,27-,32?,33?/m1/s1. The number of aliphatic hydroxyl groups is 1. The Labute approximate surface area is 262 Å². The number of anilines is 1. The van der Waals surface area contributed by atoms with E-state index in [1.807, 2.05) is 30.3 Å². The Hall–Kier alpha value is -2.65. The molecule has 2 aliphatic heterocycles. The first-order chi connectivity index (χ1) is 20.4. The first-order valence-electron chi connectivity index (χ1n) is 15.3. The third-order valence-corrected chi connectivity index (χ3v) is 11.2. The second kappa shape index (κ2) is 11.1. The maximum atomic E-state index is 14.1. The fraction of sp³-hybridized carbons (Fsp3) is 0.545. The maximum Gasteiger partial charge on any atom is 0.251 e. The van der Waals surface area contributed by atoms with E-state index in [-0.39, 0.29) is 41.2 Å². The number of hydrogen-bond acceptors (Lipinski definition) is 5. The van der Waals surface area contributed by atoms with E-state index in [9.17, 15) is 19.5 Å². The molecule has 0 bridgehead atoms. The highest BCUT2D eigenvalue weighted by Crippen LogP contribution is 2.62. The number of carbonyl (C=O) groups excluding carboxylic acids is 3. The van der Waals surface area contributed by atoms with Crippen molar-refractivity contribution in [3.63, 3.8) is 0 Å². The van der Waals surface area contributed by atoms with Crippen LogP contribution in [-0.4, -0.2) is 53.6 Å². The molecule has 4 atom stereocenters. The summed E-state index contributed by atoms with van der Waals surface area (Å²) in [4.78, 5) is 40.7. The Bertz CT molecular complexity index is 1470. The highest BCUT2D eigenvalue weighted by atomic mass is 35.5. The zero-order valence-electron chi connectivity index (χ0n) is 24.9. The Kier molecular flexibility index (Phi) is 7.81. The molecule has 3 fully saturated rings. The molecule has 6 rings (SSSR count). The fourth-order valence-corrected chi connectivity index (χ4v) is 8.70. The predicted octanol–water partition coefficient (Wildman–Crippen LogP) is 5.06. The van der Waals surface area contributed by atoms with Crippen molar-refractivity contribution >= 4 is 46.6 Å². The molecular formula is C33H40Cl2N4O4. The largest absolute Gasteiger partial charge is 0.393 e. The van der Waals surface area contributed by atoms with E-state index >= 15 is 0 Å². The Morgan fingerprint density at radius 1 is 1.00 bits per heavy atom. The van der Waals surface area contributed by atoms with Crippen molar-refractivity contribution in [1.82, 2.24) is 16.0 Å². The highest BCUT2D eigenvalue weighted by molar-refractivity contribution is 6.31. The summed E-state index contributed by atoms with van der Waals surface area (Å²) in [5, 5.41) is 23.8. The van der Waals surface area contributed by atoms with E-state index in [2.05, 4.69) is 35.1 Å². The third-order valence-electron chi connectivity index (χ3n) is 10.7. The summed E-state index contributed by atoms with van der Waals surface area (Å²) in [7, 11) is 1.58. The molecule has 2 unspecified atom stereocenters. The van der Waals surface area contributed by atoms with Crippen LogP contribution in [0.25, 0.3) is 0 Å². The molecule has 2 heterocycles.